The molecule has 0 unspecified atom stereocenters. The normalized spacial score (nSPS) is 14.0. The van der Waals surface area contributed by atoms with E-state index in [9.17, 15) is 0 Å². The first-order valence-corrected chi connectivity index (χ1v) is 4.19. The standard InChI is InChI=1S/C8H11N2.C2H6/c1-10(2)8-5-3-7(9)4-6-8;1-2/h3-6,9H,1-2H3;1-2H3/q+1;. The summed E-state index contributed by atoms with van der Waals surface area (Å²) in [7, 11) is 3.97. The predicted octanol–water partition coefficient (Wildman–Crippen LogP) is 1.87. The Morgan fingerprint density at radius 2 is 1.42 bits per heavy atom. The molecule has 0 saturated heterocycles. The van der Waals surface area contributed by atoms with Crippen LogP contribution in [0.15, 0.2) is 24.3 Å². The summed E-state index contributed by atoms with van der Waals surface area (Å²) in [6.45, 7) is 4.00. The summed E-state index contributed by atoms with van der Waals surface area (Å²) < 4.78 is 2.01. The molecule has 1 N–H and O–H groups in total. The molecule has 1 aliphatic carbocycles. The van der Waals surface area contributed by atoms with Crippen LogP contribution in [-0.2, 0) is 0 Å². The topological polar surface area (TPSA) is 26.9 Å². The van der Waals surface area contributed by atoms with Crippen molar-refractivity contribution in [3.63, 3.8) is 0 Å². The molecule has 0 spiro atoms. The highest BCUT2D eigenvalue weighted by Gasteiger charge is 2.02. The minimum atomic E-state index is 0.561. The highest BCUT2D eigenvalue weighted by atomic mass is 14.9. The number of rotatable bonds is 0. The molecule has 0 aromatic carbocycles. The van der Waals surface area contributed by atoms with E-state index in [2.05, 4.69) is 0 Å². The van der Waals surface area contributed by atoms with Gasteiger partial charge in [-0.15, -0.1) is 0 Å². The van der Waals surface area contributed by atoms with Gasteiger partial charge in [-0.2, -0.15) is 0 Å². The second kappa shape index (κ2) is 5.47. The van der Waals surface area contributed by atoms with E-state index in [0.717, 1.165) is 5.71 Å². The van der Waals surface area contributed by atoms with Gasteiger partial charge in [0.2, 0.25) is 0 Å². The maximum atomic E-state index is 7.21. The third kappa shape index (κ3) is 3.28. The predicted molar refractivity (Wildman–Crippen MR) is 54.5 cm³/mol. The highest BCUT2D eigenvalue weighted by Crippen LogP contribution is 1.93. The SMILES string of the molecule is CC.C[N+](C)=C1C=CC(=N)C=C1. The van der Waals surface area contributed by atoms with Crippen molar-refractivity contribution < 1.29 is 4.58 Å². The van der Waals surface area contributed by atoms with Crippen LogP contribution in [0.5, 0.6) is 0 Å². The van der Waals surface area contributed by atoms with Gasteiger partial charge in [-0.1, -0.05) is 13.8 Å². The third-order valence-corrected chi connectivity index (χ3v) is 1.38. The molecular formula is C10H17N2+. The van der Waals surface area contributed by atoms with E-state index in [0.29, 0.717) is 5.71 Å². The van der Waals surface area contributed by atoms with Crippen LogP contribution < -0.4 is 0 Å². The monoisotopic (exact) mass is 165 g/mol. The lowest BCUT2D eigenvalue weighted by Crippen LogP contribution is -2.11. The van der Waals surface area contributed by atoms with Crippen molar-refractivity contribution in [3.8, 4) is 0 Å². The van der Waals surface area contributed by atoms with Crippen molar-refractivity contribution in [2.45, 2.75) is 13.8 Å². The molecule has 0 radical (unpaired) electrons. The maximum Gasteiger partial charge on any atom is 0.199 e. The van der Waals surface area contributed by atoms with Crippen LogP contribution >= 0.6 is 0 Å². The quantitative estimate of drug-likeness (QED) is 0.419. The molecule has 1 rings (SSSR count). The van der Waals surface area contributed by atoms with Gasteiger partial charge in [0, 0.05) is 12.2 Å². The lowest BCUT2D eigenvalue weighted by molar-refractivity contribution is -0.462. The molecule has 12 heavy (non-hydrogen) atoms. The first kappa shape index (κ1) is 10.8. The zero-order chi connectivity index (χ0) is 9.56. The highest BCUT2D eigenvalue weighted by molar-refractivity contribution is 6.15. The Labute approximate surface area is 74.4 Å². The molecular weight excluding hydrogens is 148 g/mol. The molecule has 0 aliphatic heterocycles. The van der Waals surface area contributed by atoms with Gasteiger partial charge in [-0.25, -0.2) is 4.58 Å². The van der Waals surface area contributed by atoms with E-state index < -0.39 is 0 Å². The summed E-state index contributed by atoms with van der Waals surface area (Å²) in [6.07, 6.45) is 7.44. The third-order valence-electron chi connectivity index (χ3n) is 1.38. The number of allylic oxidation sites excluding steroid dienone is 4. The van der Waals surface area contributed by atoms with Gasteiger partial charge in [0.25, 0.3) is 0 Å². The molecule has 0 fully saturated rings. The van der Waals surface area contributed by atoms with Crippen LogP contribution in [-0.4, -0.2) is 30.1 Å². The molecule has 0 heterocycles. The average Bonchev–Trinajstić information content (AvgIpc) is 2.09. The molecule has 2 nitrogen and oxygen atoms in total. The minimum absolute atomic E-state index is 0.561. The Bertz CT molecular complexity index is 223. The maximum absolute atomic E-state index is 7.21. The van der Waals surface area contributed by atoms with E-state index in [-0.39, 0.29) is 0 Å². The Hall–Kier alpha value is -1.18. The van der Waals surface area contributed by atoms with Crippen molar-refractivity contribution in [1.82, 2.24) is 0 Å². The second-order valence-corrected chi connectivity index (χ2v) is 2.44. The van der Waals surface area contributed by atoms with Crippen molar-refractivity contribution in [2.24, 2.45) is 0 Å². The summed E-state index contributed by atoms with van der Waals surface area (Å²) in [6, 6.07) is 0. The van der Waals surface area contributed by atoms with Crippen LogP contribution in [0, 0.1) is 5.41 Å². The number of nitrogens with one attached hydrogen (secondary N) is 1. The molecule has 0 saturated carbocycles. The zero-order valence-corrected chi connectivity index (χ0v) is 8.26. The van der Waals surface area contributed by atoms with E-state index in [1.165, 1.54) is 0 Å². The molecule has 0 aromatic heterocycles. The van der Waals surface area contributed by atoms with Gasteiger partial charge in [0.05, 0.1) is 5.71 Å². The fourth-order valence-electron chi connectivity index (χ4n) is 0.760. The molecule has 66 valence electrons. The first-order chi connectivity index (χ1) is 5.70. The van der Waals surface area contributed by atoms with Gasteiger partial charge < -0.3 is 5.41 Å². The molecule has 0 atom stereocenters. The summed E-state index contributed by atoms with van der Waals surface area (Å²) >= 11 is 0. The molecule has 0 bridgehead atoms. The van der Waals surface area contributed by atoms with Crippen LogP contribution in [0.4, 0.5) is 0 Å². The van der Waals surface area contributed by atoms with Gasteiger partial charge in [-0.3, -0.25) is 0 Å². The zero-order valence-electron chi connectivity index (χ0n) is 8.26. The fourth-order valence-corrected chi connectivity index (χ4v) is 0.760. The van der Waals surface area contributed by atoms with Crippen molar-refractivity contribution in [2.75, 3.05) is 14.1 Å². The molecule has 1 aliphatic rings. The summed E-state index contributed by atoms with van der Waals surface area (Å²) in [4.78, 5) is 0. The summed E-state index contributed by atoms with van der Waals surface area (Å²) in [5.74, 6) is 0. The molecule has 0 amide bonds. The second-order valence-electron chi connectivity index (χ2n) is 2.44. The number of hydrogen-bond donors (Lipinski definition) is 1. The number of hydrogen-bond acceptors (Lipinski definition) is 1. The fraction of sp³-hybridized carbons (Fsp3) is 0.400. The van der Waals surface area contributed by atoms with Crippen LogP contribution in [0.3, 0.4) is 0 Å². The van der Waals surface area contributed by atoms with E-state index in [1.54, 1.807) is 12.2 Å². The summed E-state index contributed by atoms with van der Waals surface area (Å²) in [5, 5.41) is 7.21. The van der Waals surface area contributed by atoms with E-state index in [4.69, 9.17) is 5.41 Å². The molecule has 2 heteroatoms. The van der Waals surface area contributed by atoms with Gasteiger partial charge >= 0.3 is 0 Å². The minimum Gasteiger partial charge on any atom is -0.301 e. The molecule has 0 aromatic rings. The lowest BCUT2D eigenvalue weighted by atomic mass is 10.1. The Morgan fingerprint density at radius 1 is 1.00 bits per heavy atom. The van der Waals surface area contributed by atoms with Gasteiger partial charge in [-0.05, 0) is 12.2 Å². The van der Waals surface area contributed by atoms with Crippen LogP contribution in [0.1, 0.15) is 13.8 Å². The summed E-state index contributed by atoms with van der Waals surface area (Å²) in [5.41, 5.74) is 1.70. The Kier molecular flexibility index (Phi) is 4.93. The van der Waals surface area contributed by atoms with Crippen LogP contribution in [0.25, 0.3) is 0 Å². The average molecular weight is 165 g/mol. The lowest BCUT2D eigenvalue weighted by Gasteiger charge is -1.96. The van der Waals surface area contributed by atoms with Crippen molar-refractivity contribution in [3.05, 3.63) is 24.3 Å². The smallest absolute Gasteiger partial charge is 0.199 e. The van der Waals surface area contributed by atoms with Crippen molar-refractivity contribution >= 4 is 11.4 Å². The number of nitrogens with zero attached hydrogens (tertiary/aromatic N) is 1. The largest absolute Gasteiger partial charge is 0.301 e. The van der Waals surface area contributed by atoms with E-state index >= 15 is 0 Å². The van der Waals surface area contributed by atoms with Gasteiger partial charge in [0.1, 0.15) is 14.1 Å². The Balaban J connectivity index is 0.000000561. The van der Waals surface area contributed by atoms with Crippen LogP contribution in [0.2, 0.25) is 0 Å². The van der Waals surface area contributed by atoms with E-state index in [1.807, 2.05) is 44.7 Å². The Morgan fingerprint density at radius 3 is 1.75 bits per heavy atom. The first-order valence-electron chi connectivity index (χ1n) is 4.19. The van der Waals surface area contributed by atoms with Crippen molar-refractivity contribution in [1.29, 1.82) is 5.41 Å². The van der Waals surface area contributed by atoms with Gasteiger partial charge in [0.15, 0.2) is 5.71 Å².